The molecular formula is C16H19Cl2F3N2O3. The summed E-state index contributed by atoms with van der Waals surface area (Å²) in [5.41, 5.74) is 0.820. The molecule has 0 atom stereocenters. The number of nitrogens with one attached hydrogen (secondary N) is 1. The fraction of sp³-hybridized carbons (Fsp3) is 0.500. The van der Waals surface area contributed by atoms with Crippen molar-refractivity contribution in [2.45, 2.75) is 25.9 Å². The summed E-state index contributed by atoms with van der Waals surface area (Å²) in [4.78, 5) is 23.2. The number of amides is 1. The summed E-state index contributed by atoms with van der Waals surface area (Å²) in [7, 11) is 0. The summed E-state index contributed by atoms with van der Waals surface area (Å²) < 4.78 is 31.7. The van der Waals surface area contributed by atoms with Crippen molar-refractivity contribution in [3.63, 3.8) is 0 Å². The molecule has 1 aliphatic rings. The van der Waals surface area contributed by atoms with Crippen LogP contribution in [0.3, 0.4) is 0 Å². The van der Waals surface area contributed by atoms with E-state index >= 15 is 0 Å². The molecule has 26 heavy (non-hydrogen) atoms. The monoisotopic (exact) mass is 414 g/mol. The molecule has 0 aliphatic carbocycles. The summed E-state index contributed by atoms with van der Waals surface area (Å²) in [6.07, 6.45) is -3.28. The van der Waals surface area contributed by atoms with Crippen LogP contribution in [0.4, 0.5) is 18.9 Å². The zero-order valence-corrected chi connectivity index (χ0v) is 15.5. The molecule has 1 amide bonds. The SMILES string of the molecule is CCN(C(=O)C1CCNCC1)c1ccc(Cl)c(Cl)c1.O=C(O)C(F)(F)F. The number of alkyl halides is 3. The smallest absolute Gasteiger partial charge is 0.475 e. The first-order valence-corrected chi connectivity index (χ1v) is 8.60. The van der Waals surface area contributed by atoms with Gasteiger partial charge in [0.05, 0.1) is 10.0 Å². The van der Waals surface area contributed by atoms with Gasteiger partial charge in [0.1, 0.15) is 0 Å². The second kappa shape index (κ2) is 9.99. The fourth-order valence-corrected chi connectivity index (χ4v) is 2.70. The summed E-state index contributed by atoms with van der Waals surface area (Å²) >= 11 is 11.9. The van der Waals surface area contributed by atoms with Gasteiger partial charge in [-0.3, -0.25) is 4.79 Å². The van der Waals surface area contributed by atoms with Crippen LogP contribution in [0.15, 0.2) is 18.2 Å². The molecule has 0 unspecified atom stereocenters. The largest absolute Gasteiger partial charge is 0.490 e. The lowest BCUT2D eigenvalue weighted by Gasteiger charge is -2.29. The van der Waals surface area contributed by atoms with E-state index in [9.17, 15) is 18.0 Å². The highest BCUT2D eigenvalue weighted by molar-refractivity contribution is 6.42. The molecule has 0 spiro atoms. The molecule has 1 aliphatic heterocycles. The minimum absolute atomic E-state index is 0.107. The highest BCUT2D eigenvalue weighted by Gasteiger charge is 2.38. The Balaban J connectivity index is 0.000000412. The third-order valence-corrected chi connectivity index (χ3v) is 4.47. The van der Waals surface area contributed by atoms with Gasteiger partial charge in [-0.15, -0.1) is 0 Å². The minimum Gasteiger partial charge on any atom is -0.475 e. The normalized spacial score (nSPS) is 15.0. The molecule has 1 fully saturated rings. The number of hydrogen-bond donors (Lipinski definition) is 2. The van der Waals surface area contributed by atoms with E-state index in [0.717, 1.165) is 31.6 Å². The molecule has 146 valence electrons. The first-order valence-electron chi connectivity index (χ1n) is 7.85. The Hall–Kier alpha value is -1.51. The molecule has 1 aromatic carbocycles. The molecule has 0 aromatic heterocycles. The summed E-state index contributed by atoms with van der Waals surface area (Å²) in [6, 6.07) is 5.33. The van der Waals surface area contributed by atoms with Crippen molar-refractivity contribution < 1.29 is 27.9 Å². The molecule has 5 nitrogen and oxygen atoms in total. The maximum atomic E-state index is 12.5. The molecule has 0 bridgehead atoms. The Bertz CT molecular complexity index is 636. The Labute approximate surface area is 159 Å². The van der Waals surface area contributed by atoms with Crippen molar-refractivity contribution in [2.24, 2.45) is 5.92 Å². The van der Waals surface area contributed by atoms with Gasteiger partial charge in [-0.1, -0.05) is 23.2 Å². The zero-order valence-electron chi connectivity index (χ0n) is 13.9. The van der Waals surface area contributed by atoms with Crippen molar-refractivity contribution in [2.75, 3.05) is 24.5 Å². The summed E-state index contributed by atoms with van der Waals surface area (Å²) in [6.45, 7) is 4.44. The molecular weight excluding hydrogens is 396 g/mol. The molecule has 2 N–H and O–H groups in total. The Morgan fingerprint density at radius 3 is 2.19 bits per heavy atom. The van der Waals surface area contributed by atoms with Gasteiger partial charge in [0.15, 0.2) is 0 Å². The van der Waals surface area contributed by atoms with Gasteiger partial charge in [0, 0.05) is 18.2 Å². The number of aliphatic carboxylic acids is 1. The van der Waals surface area contributed by atoms with Crippen molar-refractivity contribution in [3.8, 4) is 0 Å². The van der Waals surface area contributed by atoms with E-state index in [1.807, 2.05) is 13.0 Å². The van der Waals surface area contributed by atoms with Crippen molar-refractivity contribution in [1.82, 2.24) is 5.32 Å². The number of nitrogens with zero attached hydrogens (tertiary/aromatic N) is 1. The molecule has 1 heterocycles. The van der Waals surface area contributed by atoms with Crippen LogP contribution in [0.2, 0.25) is 10.0 Å². The van der Waals surface area contributed by atoms with Gasteiger partial charge in [0.25, 0.3) is 0 Å². The van der Waals surface area contributed by atoms with Gasteiger partial charge >= 0.3 is 12.1 Å². The van der Waals surface area contributed by atoms with Crippen LogP contribution in [0, 0.1) is 5.92 Å². The van der Waals surface area contributed by atoms with Gasteiger partial charge in [0.2, 0.25) is 5.91 Å². The first-order chi connectivity index (χ1) is 12.1. The predicted molar refractivity (Wildman–Crippen MR) is 93.8 cm³/mol. The fourth-order valence-electron chi connectivity index (χ4n) is 2.41. The van der Waals surface area contributed by atoms with Crippen LogP contribution in [-0.2, 0) is 9.59 Å². The lowest BCUT2D eigenvalue weighted by Crippen LogP contribution is -2.41. The van der Waals surface area contributed by atoms with Crippen LogP contribution in [0.1, 0.15) is 19.8 Å². The Kier molecular flexibility index (Phi) is 8.66. The van der Waals surface area contributed by atoms with Crippen LogP contribution in [0.25, 0.3) is 0 Å². The topological polar surface area (TPSA) is 69.6 Å². The Morgan fingerprint density at radius 2 is 1.77 bits per heavy atom. The first kappa shape index (κ1) is 22.5. The Morgan fingerprint density at radius 1 is 1.23 bits per heavy atom. The van der Waals surface area contributed by atoms with Crippen LogP contribution >= 0.6 is 23.2 Å². The van der Waals surface area contributed by atoms with E-state index in [1.54, 1.807) is 17.0 Å². The lowest BCUT2D eigenvalue weighted by atomic mass is 9.96. The number of anilines is 1. The maximum Gasteiger partial charge on any atom is 0.490 e. The number of carbonyl (C=O) groups is 2. The van der Waals surface area contributed by atoms with E-state index in [-0.39, 0.29) is 11.8 Å². The van der Waals surface area contributed by atoms with E-state index in [1.165, 1.54) is 0 Å². The number of carbonyl (C=O) groups excluding carboxylic acids is 1. The second-order valence-electron chi connectivity index (χ2n) is 5.51. The van der Waals surface area contributed by atoms with E-state index < -0.39 is 12.1 Å². The minimum atomic E-state index is -5.08. The molecule has 0 radical (unpaired) electrons. The lowest BCUT2D eigenvalue weighted by molar-refractivity contribution is -0.192. The van der Waals surface area contributed by atoms with E-state index in [4.69, 9.17) is 33.1 Å². The van der Waals surface area contributed by atoms with E-state index in [2.05, 4.69) is 5.32 Å². The number of piperidine rings is 1. The quantitative estimate of drug-likeness (QED) is 0.784. The zero-order chi connectivity index (χ0) is 19.9. The van der Waals surface area contributed by atoms with Gasteiger partial charge in [-0.2, -0.15) is 13.2 Å². The number of halogens is 5. The van der Waals surface area contributed by atoms with Crippen LogP contribution in [0.5, 0.6) is 0 Å². The van der Waals surface area contributed by atoms with Crippen LogP contribution < -0.4 is 10.2 Å². The number of carboxylic acids is 1. The number of benzene rings is 1. The van der Waals surface area contributed by atoms with Gasteiger partial charge in [-0.05, 0) is 51.1 Å². The summed E-state index contributed by atoms with van der Waals surface area (Å²) in [5, 5.41) is 11.4. The number of hydrogen-bond acceptors (Lipinski definition) is 3. The average Bonchev–Trinajstić information content (AvgIpc) is 2.59. The molecule has 0 saturated carbocycles. The molecule has 1 saturated heterocycles. The number of rotatable bonds is 3. The maximum absolute atomic E-state index is 12.5. The average molecular weight is 415 g/mol. The highest BCUT2D eigenvalue weighted by Crippen LogP contribution is 2.28. The molecule has 2 rings (SSSR count). The second-order valence-corrected chi connectivity index (χ2v) is 6.32. The molecule has 10 heteroatoms. The number of carboxylic acid groups (broad SMARTS) is 1. The van der Waals surface area contributed by atoms with Crippen LogP contribution in [-0.4, -0.2) is 42.8 Å². The highest BCUT2D eigenvalue weighted by atomic mass is 35.5. The summed E-state index contributed by atoms with van der Waals surface area (Å²) in [5.74, 6) is -2.47. The predicted octanol–water partition coefficient (Wildman–Crippen LogP) is 3.98. The van der Waals surface area contributed by atoms with Crippen molar-refractivity contribution in [1.29, 1.82) is 0 Å². The third-order valence-electron chi connectivity index (χ3n) is 3.73. The molecule has 1 aromatic rings. The van der Waals surface area contributed by atoms with Gasteiger partial charge < -0.3 is 15.3 Å². The standard InChI is InChI=1S/C14H18Cl2N2O.C2HF3O2/c1-2-18(11-3-4-12(15)13(16)9-11)14(19)10-5-7-17-8-6-10;3-2(4,5)1(6)7/h3-4,9-10,17H,2,5-8H2,1H3;(H,6,7). The third kappa shape index (κ3) is 6.66. The van der Waals surface area contributed by atoms with Crippen molar-refractivity contribution >= 4 is 40.8 Å². The van der Waals surface area contributed by atoms with Gasteiger partial charge in [-0.25, -0.2) is 4.79 Å². The van der Waals surface area contributed by atoms with Crippen molar-refractivity contribution in [3.05, 3.63) is 28.2 Å². The van der Waals surface area contributed by atoms with E-state index in [0.29, 0.717) is 16.6 Å².